The van der Waals surface area contributed by atoms with Gasteiger partial charge in [-0.3, -0.25) is 14.9 Å². The van der Waals surface area contributed by atoms with Gasteiger partial charge in [0.05, 0.1) is 12.0 Å². The number of nitrogens with one attached hydrogen (secondary N) is 1. The molecule has 1 rings (SSSR count). The normalized spacial score (nSPS) is 11.5. The maximum Gasteiger partial charge on any atom is 0.326 e. The highest BCUT2D eigenvalue weighted by Crippen LogP contribution is 2.25. The summed E-state index contributed by atoms with van der Waals surface area (Å²) in [6.07, 6.45) is 0.0434. The third-order valence-corrected chi connectivity index (χ3v) is 2.85. The van der Waals surface area contributed by atoms with Crippen LogP contribution in [0.3, 0.4) is 0 Å². The van der Waals surface area contributed by atoms with E-state index in [-0.39, 0.29) is 18.5 Å². The number of carbonyl (C=O) groups excluding carboxylic acids is 1. The summed E-state index contributed by atoms with van der Waals surface area (Å²) in [6, 6.07) is 2.73. The zero-order valence-electron chi connectivity index (χ0n) is 11.7. The van der Waals surface area contributed by atoms with Gasteiger partial charge in [-0.1, -0.05) is 6.92 Å². The van der Waals surface area contributed by atoms with E-state index in [2.05, 4.69) is 5.32 Å². The second-order valence-corrected chi connectivity index (χ2v) is 4.27. The van der Waals surface area contributed by atoms with Crippen molar-refractivity contribution in [3.05, 3.63) is 33.9 Å². The molecule has 0 bridgehead atoms. The Labute approximate surface area is 120 Å². The number of methoxy groups -OCH3 is 1. The quantitative estimate of drug-likeness (QED) is 0.575. The van der Waals surface area contributed by atoms with Crippen LogP contribution in [-0.2, 0) is 16.0 Å². The Kier molecular flexibility index (Phi) is 5.65. The predicted molar refractivity (Wildman–Crippen MR) is 73.2 cm³/mol. The van der Waals surface area contributed by atoms with E-state index in [1.165, 1.54) is 25.3 Å². The number of nitrogens with zero attached hydrogens (tertiary/aromatic N) is 1. The molecule has 0 saturated heterocycles. The number of nitro groups is 1. The monoisotopic (exact) mass is 296 g/mol. The lowest BCUT2D eigenvalue weighted by atomic mass is 10.0. The molecule has 8 heteroatoms. The second kappa shape index (κ2) is 7.22. The number of rotatable bonds is 7. The Morgan fingerprint density at radius 1 is 1.48 bits per heavy atom. The van der Waals surface area contributed by atoms with Crippen LogP contribution in [0.5, 0.6) is 5.75 Å². The maximum absolute atomic E-state index is 11.3. The van der Waals surface area contributed by atoms with Crippen molar-refractivity contribution in [1.82, 2.24) is 5.32 Å². The first-order chi connectivity index (χ1) is 9.88. The van der Waals surface area contributed by atoms with Crippen molar-refractivity contribution < 1.29 is 24.4 Å². The number of carbonyl (C=O) groups is 2. The third kappa shape index (κ3) is 4.44. The van der Waals surface area contributed by atoms with Crippen molar-refractivity contribution in [3.8, 4) is 5.75 Å². The van der Waals surface area contributed by atoms with Crippen molar-refractivity contribution in [1.29, 1.82) is 0 Å². The first-order valence-electron chi connectivity index (χ1n) is 6.22. The Hall–Kier alpha value is -2.64. The van der Waals surface area contributed by atoms with E-state index < -0.39 is 22.8 Å². The highest BCUT2D eigenvalue weighted by atomic mass is 16.6. The number of hydrogen-bond acceptors (Lipinski definition) is 5. The summed E-state index contributed by atoms with van der Waals surface area (Å²) in [5.41, 5.74) is 0.173. The van der Waals surface area contributed by atoms with Gasteiger partial charge in [0, 0.05) is 30.5 Å². The molecule has 8 nitrogen and oxygen atoms in total. The third-order valence-electron chi connectivity index (χ3n) is 2.85. The fraction of sp³-hybridized carbons (Fsp3) is 0.385. The molecule has 0 aliphatic carbocycles. The van der Waals surface area contributed by atoms with Crippen LogP contribution in [0.1, 0.15) is 18.9 Å². The van der Waals surface area contributed by atoms with E-state index in [0.29, 0.717) is 11.3 Å². The average Bonchev–Trinajstić information content (AvgIpc) is 2.45. The summed E-state index contributed by atoms with van der Waals surface area (Å²) in [4.78, 5) is 32.7. The van der Waals surface area contributed by atoms with E-state index in [4.69, 9.17) is 9.84 Å². The molecule has 0 spiro atoms. The number of ether oxygens (including phenoxy) is 1. The predicted octanol–water partition coefficient (Wildman–Crippen LogP) is 1.13. The molecule has 1 aromatic carbocycles. The van der Waals surface area contributed by atoms with Crippen LogP contribution < -0.4 is 10.1 Å². The Morgan fingerprint density at radius 3 is 2.62 bits per heavy atom. The number of benzene rings is 1. The topological polar surface area (TPSA) is 119 Å². The van der Waals surface area contributed by atoms with Crippen LogP contribution in [0.15, 0.2) is 18.2 Å². The van der Waals surface area contributed by atoms with Gasteiger partial charge in [-0.2, -0.15) is 0 Å². The zero-order valence-corrected chi connectivity index (χ0v) is 11.7. The number of amides is 1. The van der Waals surface area contributed by atoms with Crippen LogP contribution in [0.25, 0.3) is 0 Å². The Morgan fingerprint density at radius 2 is 2.14 bits per heavy atom. The van der Waals surface area contributed by atoms with Gasteiger partial charge in [0.2, 0.25) is 5.91 Å². The van der Waals surface area contributed by atoms with Gasteiger partial charge >= 0.3 is 5.97 Å². The first kappa shape index (κ1) is 16.4. The molecule has 0 heterocycles. The summed E-state index contributed by atoms with van der Waals surface area (Å²) in [5, 5.41) is 22.3. The minimum absolute atomic E-state index is 0.105. The van der Waals surface area contributed by atoms with Gasteiger partial charge in [-0.25, -0.2) is 4.79 Å². The molecule has 0 aliphatic heterocycles. The van der Waals surface area contributed by atoms with Crippen molar-refractivity contribution >= 4 is 17.6 Å². The lowest BCUT2D eigenvalue weighted by molar-refractivity contribution is -0.384. The number of nitro benzene ring substituents is 1. The van der Waals surface area contributed by atoms with Gasteiger partial charge in [-0.15, -0.1) is 0 Å². The van der Waals surface area contributed by atoms with Gasteiger partial charge < -0.3 is 15.2 Å². The van der Waals surface area contributed by atoms with Crippen molar-refractivity contribution in [2.24, 2.45) is 0 Å². The fourth-order valence-corrected chi connectivity index (χ4v) is 1.75. The Balaban J connectivity index is 3.06. The molecule has 0 saturated carbocycles. The minimum Gasteiger partial charge on any atom is -0.496 e. The van der Waals surface area contributed by atoms with E-state index in [9.17, 15) is 19.7 Å². The van der Waals surface area contributed by atoms with Crippen LogP contribution in [0.2, 0.25) is 0 Å². The van der Waals surface area contributed by atoms with Gasteiger partial charge in [0.15, 0.2) is 0 Å². The van der Waals surface area contributed by atoms with Crippen LogP contribution in [0, 0.1) is 10.1 Å². The molecule has 0 radical (unpaired) electrons. The summed E-state index contributed by atoms with van der Waals surface area (Å²) in [5.74, 6) is -1.30. The standard InChI is InChI=1S/C13H16N2O6/c1-3-12(16)14-10(13(17)18)7-8-6-9(15(19)20)4-5-11(8)21-2/h4-6,10H,3,7H2,1-2H3,(H,14,16)(H,17,18)/t10-/m0/s1. The van der Waals surface area contributed by atoms with Crippen LogP contribution >= 0.6 is 0 Å². The second-order valence-electron chi connectivity index (χ2n) is 4.27. The Bertz CT molecular complexity index is 558. The molecule has 1 aromatic rings. The lowest BCUT2D eigenvalue weighted by Crippen LogP contribution is -2.42. The number of hydrogen-bond donors (Lipinski definition) is 2. The molecule has 114 valence electrons. The van der Waals surface area contributed by atoms with Gasteiger partial charge in [0.1, 0.15) is 11.8 Å². The molecule has 2 N–H and O–H groups in total. The van der Waals surface area contributed by atoms with E-state index in [1.807, 2.05) is 0 Å². The average molecular weight is 296 g/mol. The number of aliphatic carboxylic acids is 1. The number of carboxylic acid groups (broad SMARTS) is 1. The molecular weight excluding hydrogens is 280 g/mol. The van der Waals surface area contributed by atoms with Crippen LogP contribution in [-0.4, -0.2) is 35.1 Å². The molecule has 0 unspecified atom stereocenters. The van der Waals surface area contributed by atoms with Crippen molar-refractivity contribution in [2.45, 2.75) is 25.8 Å². The fourth-order valence-electron chi connectivity index (χ4n) is 1.75. The highest BCUT2D eigenvalue weighted by Gasteiger charge is 2.22. The smallest absolute Gasteiger partial charge is 0.326 e. The zero-order chi connectivity index (χ0) is 16.0. The number of non-ortho nitro benzene ring substituents is 1. The maximum atomic E-state index is 11.3. The minimum atomic E-state index is -1.22. The highest BCUT2D eigenvalue weighted by molar-refractivity contribution is 5.83. The van der Waals surface area contributed by atoms with Crippen molar-refractivity contribution in [3.63, 3.8) is 0 Å². The van der Waals surface area contributed by atoms with Crippen molar-refractivity contribution in [2.75, 3.05) is 7.11 Å². The van der Waals surface area contributed by atoms with Gasteiger partial charge in [0.25, 0.3) is 5.69 Å². The molecule has 0 aliphatic rings. The molecule has 1 amide bonds. The van der Waals surface area contributed by atoms with Crippen LogP contribution in [0.4, 0.5) is 5.69 Å². The SMILES string of the molecule is CCC(=O)N[C@@H](Cc1cc([N+](=O)[O-])ccc1OC)C(=O)O. The van der Waals surface area contributed by atoms with E-state index in [0.717, 1.165) is 0 Å². The van der Waals surface area contributed by atoms with E-state index >= 15 is 0 Å². The molecule has 21 heavy (non-hydrogen) atoms. The summed E-state index contributed by atoms with van der Waals surface area (Å²) >= 11 is 0. The molecule has 1 atom stereocenters. The summed E-state index contributed by atoms with van der Waals surface area (Å²) in [7, 11) is 1.38. The molecule has 0 fully saturated rings. The first-order valence-corrected chi connectivity index (χ1v) is 6.22. The van der Waals surface area contributed by atoms with E-state index in [1.54, 1.807) is 6.92 Å². The summed E-state index contributed by atoms with van der Waals surface area (Å²) in [6.45, 7) is 1.60. The number of carboxylic acids is 1. The summed E-state index contributed by atoms with van der Waals surface area (Å²) < 4.78 is 5.06. The molecular formula is C13H16N2O6. The largest absolute Gasteiger partial charge is 0.496 e. The lowest BCUT2D eigenvalue weighted by Gasteiger charge is -2.15. The van der Waals surface area contributed by atoms with Gasteiger partial charge in [-0.05, 0) is 6.07 Å². The molecule has 0 aromatic heterocycles.